The molecule has 1 fully saturated rings. The quantitative estimate of drug-likeness (QED) is 0.787. The largest absolute Gasteiger partial charge is 0.484 e. The summed E-state index contributed by atoms with van der Waals surface area (Å²) in [6.07, 6.45) is -0.332. The van der Waals surface area contributed by atoms with Crippen LogP contribution in [0, 0.1) is 10.8 Å². The van der Waals surface area contributed by atoms with Crippen LogP contribution < -0.4 is 15.4 Å². The first-order valence-corrected chi connectivity index (χ1v) is 9.93. The van der Waals surface area contributed by atoms with Crippen LogP contribution in [-0.2, 0) is 9.53 Å². The Labute approximate surface area is 177 Å². The van der Waals surface area contributed by atoms with E-state index in [1.807, 2.05) is 39.0 Å². The van der Waals surface area contributed by atoms with E-state index in [0.717, 1.165) is 11.1 Å². The fraction of sp³-hybridized carbons (Fsp3) is 0.500. The Morgan fingerprint density at radius 3 is 2.53 bits per heavy atom. The molecule has 0 aromatic heterocycles. The number of carbonyl (C=O) groups is 2. The van der Waals surface area contributed by atoms with E-state index in [1.165, 1.54) is 0 Å². The predicted molar refractivity (Wildman–Crippen MR) is 116 cm³/mol. The molecule has 2 aliphatic rings. The lowest BCUT2D eigenvalue weighted by molar-refractivity contribution is -0.118. The average Bonchev–Trinajstić information content (AvgIpc) is 2.62. The minimum absolute atomic E-state index is 0.0769. The number of hydrogen-bond donors (Lipinski definition) is 2. The topological polar surface area (TPSA) is 109 Å². The maximum Gasteiger partial charge on any atom is 0.410 e. The fourth-order valence-electron chi connectivity index (χ4n) is 3.74. The summed E-state index contributed by atoms with van der Waals surface area (Å²) in [4.78, 5) is 27.3. The Morgan fingerprint density at radius 1 is 1.33 bits per heavy atom. The highest BCUT2D eigenvalue weighted by Gasteiger charge is 2.45. The molecule has 8 heteroatoms. The third-order valence-corrected chi connectivity index (χ3v) is 5.48. The first-order chi connectivity index (χ1) is 13.8. The van der Waals surface area contributed by atoms with Crippen LogP contribution in [0.1, 0.15) is 40.2 Å². The zero-order valence-electron chi connectivity index (χ0n) is 18.2. The van der Waals surface area contributed by atoms with E-state index in [2.05, 4.69) is 13.5 Å². The number of amidine groups is 1. The second-order valence-electron chi connectivity index (χ2n) is 9.24. The molecule has 0 radical (unpaired) electrons. The summed E-state index contributed by atoms with van der Waals surface area (Å²) in [5, 5.41) is 8.21. The van der Waals surface area contributed by atoms with E-state index in [-0.39, 0.29) is 24.0 Å². The molecule has 30 heavy (non-hydrogen) atoms. The highest BCUT2D eigenvalue weighted by Crippen LogP contribution is 2.44. The summed E-state index contributed by atoms with van der Waals surface area (Å²) in [5.41, 5.74) is 7.00. The van der Waals surface area contributed by atoms with E-state index in [4.69, 9.17) is 20.6 Å². The predicted octanol–water partition coefficient (Wildman–Crippen LogP) is 3.01. The lowest BCUT2D eigenvalue weighted by Gasteiger charge is -2.49. The molecule has 1 aromatic rings. The maximum atomic E-state index is 12.3. The lowest BCUT2D eigenvalue weighted by atomic mass is 9.73. The SMILES string of the molecule is C=C(c1ccc2c(c1)N([C@H](C)C(N)=O)C(=N)CO2)C1(C)CN(C(=O)OC(C)(C)C)C1. The summed E-state index contributed by atoms with van der Waals surface area (Å²) in [7, 11) is 0. The second kappa shape index (κ2) is 7.34. The number of likely N-dealkylation sites (tertiary alicyclic amines) is 1. The minimum atomic E-state index is -0.675. The van der Waals surface area contributed by atoms with Gasteiger partial charge >= 0.3 is 6.09 Å². The van der Waals surface area contributed by atoms with E-state index < -0.39 is 17.6 Å². The summed E-state index contributed by atoms with van der Waals surface area (Å²) in [6, 6.07) is 4.92. The molecule has 1 aromatic carbocycles. The number of anilines is 1. The van der Waals surface area contributed by atoms with Crippen LogP contribution in [0.3, 0.4) is 0 Å². The number of hydrogen-bond acceptors (Lipinski definition) is 5. The van der Waals surface area contributed by atoms with Gasteiger partial charge in [0.2, 0.25) is 5.91 Å². The number of amides is 2. The highest BCUT2D eigenvalue weighted by atomic mass is 16.6. The molecule has 0 saturated carbocycles. The summed E-state index contributed by atoms with van der Waals surface area (Å²) in [5.74, 6) is 0.239. The van der Waals surface area contributed by atoms with Gasteiger partial charge in [-0.3, -0.25) is 10.2 Å². The van der Waals surface area contributed by atoms with Crippen molar-refractivity contribution in [2.75, 3.05) is 24.6 Å². The van der Waals surface area contributed by atoms with Crippen LogP contribution in [0.2, 0.25) is 0 Å². The van der Waals surface area contributed by atoms with Crippen molar-refractivity contribution in [1.29, 1.82) is 5.41 Å². The average molecular weight is 415 g/mol. The first kappa shape index (κ1) is 21.7. The number of nitrogens with zero attached hydrogens (tertiary/aromatic N) is 2. The Bertz CT molecular complexity index is 912. The Hall–Kier alpha value is -3.03. The summed E-state index contributed by atoms with van der Waals surface area (Å²) < 4.78 is 11.1. The van der Waals surface area contributed by atoms with Gasteiger partial charge in [0.25, 0.3) is 0 Å². The molecule has 0 unspecified atom stereocenters. The normalized spacial score (nSPS) is 18.6. The molecule has 2 amide bonds. The van der Waals surface area contributed by atoms with Gasteiger partial charge in [-0.25, -0.2) is 4.79 Å². The van der Waals surface area contributed by atoms with Crippen molar-refractivity contribution in [1.82, 2.24) is 4.90 Å². The van der Waals surface area contributed by atoms with Crippen molar-refractivity contribution < 1.29 is 19.1 Å². The van der Waals surface area contributed by atoms with Gasteiger partial charge in [0.05, 0.1) is 5.69 Å². The second-order valence-corrected chi connectivity index (χ2v) is 9.24. The van der Waals surface area contributed by atoms with Crippen LogP contribution in [0.15, 0.2) is 24.8 Å². The molecular formula is C22H30N4O4. The van der Waals surface area contributed by atoms with Gasteiger partial charge in [0, 0.05) is 18.5 Å². The van der Waals surface area contributed by atoms with Gasteiger partial charge in [0.1, 0.15) is 29.8 Å². The number of carbonyl (C=O) groups excluding carboxylic acids is 2. The lowest BCUT2D eigenvalue weighted by Crippen LogP contribution is -2.58. The molecule has 3 rings (SSSR count). The van der Waals surface area contributed by atoms with E-state index in [0.29, 0.717) is 24.5 Å². The van der Waals surface area contributed by atoms with Crippen molar-refractivity contribution in [3.63, 3.8) is 0 Å². The van der Waals surface area contributed by atoms with Crippen molar-refractivity contribution in [2.45, 2.75) is 46.3 Å². The molecule has 8 nitrogen and oxygen atoms in total. The van der Waals surface area contributed by atoms with Gasteiger partial charge < -0.3 is 25.0 Å². The van der Waals surface area contributed by atoms with Gasteiger partial charge in [0.15, 0.2) is 0 Å². The first-order valence-electron chi connectivity index (χ1n) is 9.93. The maximum absolute atomic E-state index is 12.3. The third-order valence-electron chi connectivity index (χ3n) is 5.48. The summed E-state index contributed by atoms with van der Waals surface area (Å²) in [6.45, 7) is 14.6. The Balaban J connectivity index is 1.81. The van der Waals surface area contributed by atoms with Crippen LogP contribution >= 0.6 is 0 Å². The number of fused-ring (bicyclic) bond motifs is 1. The summed E-state index contributed by atoms with van der Waals surface area (Å²) >= 11 is 0. The van der Waals surface area contributed by atoms with Gasteiger partial charge in [-0.1, -0.05) is 19.6 Å². The number of primary amides is 1. The van der Waals surface area contributed by atoms with Crippen LogP contribution in [0.5, 0.6) is 5.75 Å². The number of ether oxygens (including phenoxy) is 2. The molecule has 2 aliphatic heterocycles. The van der Waals surface area contributed by atoms with Crippen molar-refractivity contribution >= 4 is 29.1 Å². The van der Waals surface area contributed by atoms with Crippen molar-refractivity contribution in [3.05, 3.63) is 30.3 Å². The highest BCUT2D eigenvalue weighted by molar-refractivity contribution is 6.05. The molecular weight excluding hydrogens is 384 g/mol. The van der Waals surface area contributed by atoms with Crippen molar-refractivity contribution in [2.24, 2.45) is 11.1 Å². The Morgan fingerprint density at radius 2 is 1.97 bits per heavy atom. The molecule has 162 valence electrons. The zero-order valence-corrected chi connectivity index (χ0v) is 18.2. The van der Waals surface area contributed by atoms with Crippen LogP contribution in [0.4, 0.5) is 10.5 Å². The van der Waals surface area contributed by atoms with Crippen molar-refractivity contribution in [3.8, 4) is 5.75 Å². The van der Waals surface area contributed by atoms with Crippen LogP contribution in [-0.4, -0.2) is 54.1 Å². The smallest absolute Gasteiger partial charge is 0.410 e. The molecule has 1 saturated heterocycles. The Kier molecular flexibility index (Phi) is 5.30. The van der Waals surface area contributed by atoms with Gasteiger partial charge in [-0.2, -0.15) is 0 Å². The van der Waals surface area contributed by atoms with Gasteiger partial charge in [-0.15, -0.1) is 0 Å². The van der Waals surface area contributed by atoms with E-state index >= 15 is 0 Å². The number of benzene rings is 1. The number of rotatable bonds is 4. The molecule has 0 bridgehead atoms. The minimum Gasteiger partial charge on any atom is -0.484 e. The number of nitrogens with one attached hydrogen (secondary N) is 1. The molecule has 1 atom stereocenters. The molecule has 3 N–H and O–H groups in total. The van der Waals surface area contributed by atoms with E-state index in [1.54, 1.807) is 16.7 Å². The molecule has 0 spiro atoms. The third kappa shape index (κ3) is 3.99. The molecule has 0 aliphatic carbocycles. The monoisotopic (exact) mass is 414 g/mol. The van der Waals surface area contributed by atoms with Gasteiger partial charge in [-0.05, 0) is 51.0 Å². The van der Waals surface area contributed by atoms with E-state index in [9.17, 15) is 9.59 Å². The van der Waals surface area contributed by atoms with Crippen LogP contribution in [0.25, 0.3) is 5.57 Å². The molecule has 2 heterocycles. The zero-order chi connectivity index (χ0) is 22.4. The standard InChI is InChI=1S/C22H30N4O4/c1-13(22(6)11-25(12-22)20(28)30-21(3,4)5)15-7-8-17-16(9-15)26(14(2)19(24)27)18(23)10-29-17/h7-9,14,23H,1,10-12H2,2-6H3,(H2,24,27)/t14-/m1/s1. The number of nitrogens with two attached hydrogens (primary N) is 1. The fourth-order valence-corrected chi connectivity index (χ4v) is 3.74.